The molecule has 1 heterocycles. The molecule has 0 saturated carbocycles. The van der Waals surface area contributed by atoms with Gasteiger partial charge < -0.3 is 10.1 Å². The first-order valence-electron chi connectivity index (χ1n) is 8.73. The summed E-state index contributed by atoms with van der Waals surface area (Å²) in [4.78, 5) is 23.7. The number of nitrogens with one attached hydrogen (secondary N) is 1. The van der Waals surface area contributed by atoms with E-state index in [4.69, 9.17) is 21.6 Å². The predicted molar refractivity (Wildman–Crippen MR) is 108 cm³/mol. The minimum atomic E-state index is -0.525. The molecule has 0 unspecified atom stereocenters. The maximum atomic E-state index is 12.3. The third-order valence-corrected chi connectivity index (χ3v) is 4.50. The fourth-order valence-corrected chi connectivity index (χ4v) is 2.95. The fourth-order valence-electron chi connectivity index (χ4n) is 2.62. The number of ether oxygens (including phenoxy) is 1. The summed E-state index contributed by atoms with van der Waals surface area (Å²) < 4.78 is 6.97. The van der Waals surface area contributed by atoms with Crippen LogP contribution in [0.2, 0.25) is 5.15 Å². The van der Waals surface area contributed by atoms with Gasteiger partial charge >= 0.3 is 5.97 Å². The van der Waals surface area contributed by atoms with E-state index in [9.17, 15) is 9.59 Å². The lowest BCUT2D eigenvalue weighted by atomic mass is 10.2. The monoisotopic (exact) mass is 408 g/mol. The molecular weight excluding hydrogens is 392 g/mol. The molecular formula is C21H17ClN4O3. The Morgan fingerprint density at radius 1 is 1.17 bits per heavy atom. The number of halogens is 1. The SMILES string of the molecule is Cc1nn(-c2ccccc2)c(Cl)c1COC(=O)c1ccc(NC(=O)CC#N)cc1. The zero-order valence-electron chi connectivity index (χ0n) is 15.6. The second-order valence-corrected chi connectivity index (χ2v) is 6.50. The van der Waals surface area contributed by atoms with E-state index in [1.165, 1.54) is 12.1 Å². The molecule has 3 rings (SSSR count). The zero-order chi connectivity index (χ0) is 20.8. The largest absolute Gasteiger partial charge is 0.457 e. The Morgan fingerprint density at radius 3 is 2.52 bits per heavy atom. The smallest absolute Gasteiger partial charge is 0.338 e. The van der Waals surface area contributed by atoms with Crippen molar-refractivity contribution in [1.82, 2.24) is 9.78 Å². The lowest BCUT2D eigenvalue weighted by molar-refractivity contribution is -0.115. The van der Waals surface area contributed by atoms with Crippen LogP contribution in [-0.4, -0.2) is 21.7 Å². The average molecular weight is 409 g/mol. The Kier molecular flexibility index (Phi) is 6.27. The molecule has 1 N–H and O–H groups in total. The standard InChI is InChI=1S/C21H17ClN4O3/c1-14-18(20(22)26(25-14)17-5-3-2-4-6-17)13-29-21(28)15-7-9-16(10-8-15)24-19(27)11-12-23/h2-10H,11,13H2,1H3,(H,24,27). The Balaban J connectivity index is 1.66. The summed E-state index contributed by atoms with van der Waals surface area (Å²) >= 11 is 6.43. The van der Waals surface area contributed by atoms with E-state index in [1.54, 1.807) is 29.8 Å². The summed E-state index contributed by atoms with van der Waals surface area (Å²) in [6.07, 6.45) is -0.236. The van der Waals surface area contributed by atoms with Gasteiger partial charge in [0.05, 0.1) is 23.0 Å². The van der Waals surface area contributed by atoms with E-state index in [-0.39, 0.29) is 13.0 Å². The molecule has 0 bridgehead atoms. The number of carbonyl (C=O) groups is 2. The number of aryl methyl sites for hydroxylation is 1. The number of rotatable bonds is 6. The van der Waals surface area contributed by atoms with Gasteiger partial charge in [0.1, 0.15) is 18.2 Å². The van der Waals surface area contributed by atoms with Crippen LogP contribution in [0.1, 0.15) is 28.0 Å². The van der Waals surface area contributed by atoms with Gasteiger partial charge in [-0.1, -0.05) is 29.8 Å². The van der Waals surface area contributed by atoms with Crippen molar-refractivity contribution in [2.24, 2.45) is 0 Å². The molecule has 0 radical (unpaired) electrons. The molecule has 0 aliphatic carbocycles. The highest BCUT2D eigenvalue weighted by Gasteiger charge is 2.17. The molecule has 7 nitrogen and oxygen atoms in total. The second-order valence-electron chi connectivity index (χ2n) is 6.14. The Bertz CT molecular complexity index is 1070. The number of hydrogen-bond acceptors (Lipinski definition) is 5. The van der Waals surface area contributed by atoms with Gasteiger partial charge in [-0.05, 0) is 43.3 Å². The van der Waals surface area contributed by atoms with Crippen LogP contribution in [0, 0.1) is 18.3 Å². The molecule has 8 heteroatoms. The first kappa shape index (κ1) is 20.1. The highest BCUT2D eigenvalue weighted by molar-refractivity contribution is 6.30. The summed E-state index contributed by atoms with van der Waals surface area (Å²) in [6, 6.07) is 17.4. The van der Waals surface area contributed by atoms with Crippen molar-refractivity contribution < 1.29 is 14.3 Å². The number of esters is 1. The molecule has 0 aliphatic heterocycles. The number of para-hydroxylation sites is 1. The third kappa shape index (κ3) is 4.81. The van der Waals surface area contributed by atoms with Gasteiger partial charge in [-0.2, -0.15) is 10.4 Å². The molecule has 0 spiro atoms. The zero-order valence-corrected chi connectivity index (χ0v) is 16.3. The van der Waals surface area contributed by atoms with Gasteiger partial charge in [-0.25, -0.2) is 9.48 Å². The van der Waals surface area contributed by atoms with E-state index in [2.05, 4.69) is 10.4 Å². The van der Waals surface area contributed by atoms with Crippen LogP contribution in [0.25, 0.3) is 5.69 Å². The van der Waals surface area contributed by atoms with Crippen LogP contribution >= 0.6 is 11.6 Å². The molecule has 146 valence electrons. The number of nitrogens with zero attached hydrogens (tertiary/aromatic N) is 3. The lowest BCUT2D eigenvalue weighted by Crippen LogP contribution is -2.10. The summed E-state index contributed by atoms with van der Waals surface area (Å²) in [5.41, 5.74) is 2.93. The van der Waals surface area contributed by atoms with Crippen LogP contribution in [0.5, 0.6) is 0 Å². The van der Waals surface area contributed by atoms with Crippen LogP contribution < -0.4 is 5.32 Å². The highest BCUT2D eigenvalue weighted by Crippen LogP contribution is 2.24. The quantitative estimate of drug-likeness (QED) is 0.621. The highest BCUT2D eigenvalue weighted by atomic mass is 35.5. The van der Waals surface area contributed by atoms with E-state index in [0.29, 0.717) is 27.7 Å². The van der Waals surface area contributed by atoms with Crippen molar-refractivity contribution in [3.8, 4) is 11.8 Å². The van der Waals surface area contributed by atoms with Crippen LogP contribution in [0.4, 0.5) is 5.69 Å². The summed E-state index contributed by atoms with van der Waals surface area (Å²) in [6.45, 7) is 1.78. The lowest BCUT2D eigenvalue weighted by Gasteiger charge is -2.07. The van der Waals surface area contributed by atoms with Crippen LogP contribution in [-0.2, 0) is 16.1 Å². The summed E-state index contributed by atoms with van der Waals surface area (Å²) in [7, 11) is 0. The number of nitriles is 1. The number of hydrogen-bond donors (Lipinski definition) is 1. The Hall–Kier alpha value is -3.63. The van der Waals surface area contributed by atoms with Crippen LogP contribution in [0.15, 0.2) is 54.6 Å². The Labute approximate surface area is 172 Å². The molecule has 0 saturated heterocycles. The van der Waals surface area contributed by atoms with Crippen molar-refractivity contribution >= 4 is 29.2 Å². The predicted octanol–water partition coefficient (Wildman–Crippen LogP) is 4.04. The molecule has 2 aromatic carbocycles. The average Bonchev–Trinajstić information content (AvgIpc) is 3.01. The molecule has 0 aliphatic rings. The number of amides is 1. The topological polar surface area (TPSA) is 97.0 Å². The second kappa shape index (κ2) is 9.04. The maximum Gasteiger partial charge on any atom is 0.338 e. The fraction of sp³-hybridized carbons (Fsp3) is 0.143. The third-order valence-electron chi connectivity index (χ3n) is 4.11. The normalized spacial score (nSPS) is 10.2. The first-order valence-corrected chi connectivity index (χ1v) is 9.11. The van der Waals surface area contributed by atoms with Gasteiger partial charge in [0, 0.05) is 11.3 Å². The van der Waals surface area contributed by atoms with Gasteiger partial charge in [-0.15, -0.1) is 0 Å². The molecule has 0 fully saturated rings. The van der Waals surface area contributed by atoms with Crippen molar-refractivity contribution in [2.45, 2.75) is 20.0 Å². The molecule has 3 aromatic rings. The van der Waals surface area contributed by atoms with E-state index >= 15 is 0 Å². The van der Waals surface area contributed by atoms with Gasteiger partial charge in [0.25, 0.3) is 0 Å². The summed E-state index contributed by atoms with van der Waals surface area (Å²) in [5, 5.41) is 15.9. The van der Waals surface area contributed by atoms with Crippen molar-refractivity contribution in [3.05, 3.63) is 76.6 Å². The van der Waals surface area contributed by atoms with Crippen molar-refractivity contribution in [1.29, 1.82) is 5.26 Å². The first-order chi connectivity index (χ1) is 14.0. The molecule has 29 heavy (non-hydrogen) atoms. The summed E-state index contributed by atoms with van der Waals surface area (Å²) in [5.74, 6) is -0.939. The maximum absolute atomic E-state index is 12.3. The molecule has 1 amide bonds. The van der Waals surface area contributed by atoms with Crippen molar-refractivity contribution in [2.75, 3.05) is 5.32 Å². The van der Waals surface area contributed by atoms with Gasteiger partial charge in [-0.3, -0.25) is 4.79 Å². The van der Waals surface area contributed by atoms with Gasteiger partial charge in [0.2, 0.25) is 5.91 Å². The van der Waals surface area contributed by atoms with Crippen molar-refractivity contribution in [3.63, 3.8) is 0 Å². The van der Waals surface area contributed by atoms with E-state index in [1.807, 2.05) is 30.3 Å². The number of anilines is 1. The minimum Gasteiger partial charge on any atom is -0.457 e. The van der Waals surface area contributed by atoms with E-state index < -0.39 is 11.9 Å². The number of aromatic nitrogens is 2. The Morgan fingerprint density at radius 2 is 1.86 bits per heavy atom. The van der Waals surface area contributed by atoms with E-state index in [0.717, 1.165) is 5.69 Å². The number of benzene rings is 2. The molecule has 1 aromatic heterocycles. The molecule has 0 atom stereocenters. The van der Waals surface area contributed by atoms with Crippen LogP contribution in [0.3, 0.4) is 0 Å². The van der Waals surface area contributed by atoms with Gasteiger partial charge in [0.15, 0.2) is 0 Å². The minimum absolute atomic E-state index is 0.0169. The number of carbonyl (C=O) groups excluding carboxylic acids is 2.